The highest BCUT2D eigenvalue weighted by Crippen LogP contribution is 2.29. The average molecular weight is 336 g/mol. The highest BCUT2D eigenvalue weighted by Gasteiger charge is 2.30. The van der Waals surface area contributed by atoms with E-state index in [1.165, 1.54) is 6.33 Å². The summed E-state index contributed by atoms with van der Waals surface area (Å²) in [6.45, 7) is 0.934. The zero-order chi connectivity index (χ0) is 16.2. The molecular weight excluding hydrogens is 318 g/mol. The van der Waals surface area contributed by atoms with Crippen LogP contribution in [0.2, 0.25) is 5.02 Å². The molecule has 0 radical (unpaired) electrons. The van der Waals surface area contributed by atoms with Crippen molar-refractivity contribution in [2.45, 2.75) is 25.1 Å². The van der Waals surface area contributed by atoms with Gasteiger partial charge in [0.1, 0.15) is 18.3 Å². The van der Waals surface area contributed by atoms with Crippen LogP contribution in [0.3, 0.4) is 0 Å². The molecule has 2 aromatic rings. The van der Waals surface area contributed by atoms with Gasteiger partial charge in [-0.2, -0.15) is 5.10 Å². The van der Waals surface area contributed by atoms with Crippen LogP contribution in [-0.2, 0) is 18.3 Å². The Morgan fingerprint density at radius 2 is 2.22 bits per heavy atom. The number of rotatable bonds is 4. The van der Waals surface area contributed by atoms with Gasteiger partial charge in [0.2, 0.25) is 0 Å². The number of nitrogens with one attached hydrogen (secondary N) is 2. The number of hydrogen-bond donors (Lipinski definition) is 2. The molecule has 3 rings (SSSR count). The van der Waals surface area contributed by atoms with Crippen molar-refractivity contribution in [1.82, 2.24) is 25.4 Å². The van der Waals surface area contributed by atoms with E-state index in [9.17, 15) is 4.79 Å². The number of benzene rings is 1. The predicted molar refractivity (Wildman–Crippen MR) is 84.9 cm³/mol. The molecule has 2 atom stereocenters. The molecule has 2 amide bonds. The van der Waals surface area contributed by atoms with Gasteiger partial charge in [-0.25, -0.2) is 9.78 Å². The maximum atomic E-state index is 12.1. The van der Waals surface area contributed by atoms with E-state index in [1.54, 1.807) is 11.7 Å². The molecule has 1 aliphatic rings. The van der Waals surface area contributed by atoms with Gasteiger partial charge >= 0.3 is 6.03 Å². The third kappa shape index (κ3) is 3.80. The number of urea groups is 1. The van der Waals surface area contributed by atoms with Gasteiger partial charge in [0.15, 0.2) is 0 Å². The molecule has 2 heterocycles. The molecule has 1 fully saturated rings. The van der Waals surface area contributed by atoms with Gasteiger partial charge in [0.25, 0.3) is 0 Å². The second-order valence-corrected chi connectivity index (χ2v) is 5.80. The summed E-state index contributed by atoms with van der Waals surface area (Å²) >= 11 is 5.91. The van der Waals surface area contributed by atoms with E-state index < -0.39 is 0 Å². The molecule has 8 heteroatoms. The van der Waals surface area contributed by atoms with Crippen LogP contribution in [0, 0.1) is 0 Å². The fraction of sp³-hybridized carbons (Fsp3) is 0.400. The van der Waals surface area contributed by atoms with E-state index in [1.807, 2.05) is 24.3 Å². The normalized spacial score (nSPS) is 20.4. The molecule has 0 bridgehead atoms. The second kappa shape index (κ2) is 6.97. The number of halogens is 1. The average Bonchev–Trinajstić information content (AvgIpc) is 3.15. The summed E-state index contributed by atoms with van der Waals surface area (Å²) in [5, 5.41) is 10.4. The molecule has 7 nitrogen and oxygen atoms in total. The van der Waals surface area contributed by atoms with Crippen molar-refractivity contribution in [3.8, 4) is 0 Å². The number of hydrogen-bond acceptors (Lipinski definition) is 4. The monoisotopic (exact) mass is 335 g/mol. The van der Waals surface area contributed by atoms with Gasteiger partial charge in [0.05, 0.1) is 12.6 Å². The SMILES string of the molecule is Cn1ncnc1CNC(=O)NC1CCOC1c1ccc(Cl)cc1. The second-order valence-electron chi connectivity index (χ2n) is 5.37. The molecule has 1 aromatic carbocycles. The van der Waals surface area contributed by atoms with E-state index in [4.69, 9.17) is 16.3 Å². The van der Waals surface area contributed by atoms with Crippen molar-refractivity contribution in [1.29, 1.82) is 0 Å². The molecule has 0 saturated carbocycles. The fourth-order valence-corrected chi connectivity index (χ4v) is 2.70. The molecule has 0 spiro atoms. The van der Waals surface area contributed by atoms with E-state index in [0.717, 1.165) is 12.0 Å². The Kier molecular flexibility index (Phi) is 4.78. The van der Waals surface area contributed by atoms with Gasteiger partial charge < -0.3 is 15.4 Å². The molecular formula is C15H18ClN5O2. The van der Waals surface area contributed by atoms with Crippen molar-refractivity contribution >= 4 is 17.6 Å². The number of aromatic nitrogens is 3. The zero-order valence-corrected chi connectivity index (χ0v) is 13.5. The number of aryl methyl sites for hydroxylation is 1. The Balaban J connectivity index is 1.56. The third-order valence-corrected chi connectivity index (χ3v) is 4.07. The number of ether oxygens (including phenoxy) is 1. The topological polar surface area (TPSA) is 81.1 Å². The van der Waals surface area contributed by atoms with Gasteiger partial charge in [-0.3, -0.25) is 4.68 Å². The summed E-state index contributed by atoms with van der Waals surface area (Å²) in [7, 11) is 1.78. The minimum absolute atomic E-state index is 0.0735. The third-order valence-electron chi connectivity index (χ3n) is 3.82. The minimum Gasteiger partial charge on any atom is -0.371 e. The van der Waals surface area contributed by atoms with Crippen LogP contribution in [0.15, 0.2) is 30.6 Å². The van der Waals surface area contributed by atoms with Crippen molar-refractivity contribution in [3.05, 3.63) is 47.0 Å². The van der Waals surface area contributed by atoms with Gasteiger partial charge in [-0.1, -0.05) is 23.7 Å². The van der Waals surface area contributed by atoms with Crippen LogP contribution in [0.5, 0.6) is 0 Å². The van der Waals surface area contributed by atoms with Crippen LogP contribution in [0.1, 0.15) is 23.9 Å². The summed E-state index contributed by atoms with van der Waals surface area (Å²) in [6, 6.07) is 7.17. The van der Waals surface area contributed by atoms with Crippen LogP contribution < -0.4 is 10.6 Å². The summed E-state index contributed by atoms with van der Waals surface area (Å²) in [5.41, 5.74) is 1.01. The fourth-order valence-electron chi connectivity index (χ4n) is 2.58. The smallest absolute Gasteiger partial charge is 0.315 e. The van der Waals surface area contributed by atoms with Crippen molar-refractivity contribution in [2.24, 2.45) is 7.05 Å². The van der Waals surface area contributed by atoms with E-state index in [0.29, 0.717) is 24.0 Å². The van der Waals surface area contributed by atoms with Crippen LogP contribution >= 0.6 is 11.6 Å². The van der Waals surface area contributed by atoms with Crippen molar-refractivity contribution in [2.75, 3.05) is 6.61 Å². The zero-order valence-electron chi connectivity index (χ0n) is 12.7. The Morgan fingerprint density at radius 3 is 2.91 bits per heavy atom. The van der Waals surface area contributed by atoms with E-state index in [2.05, 4.69) is 20.7 Å². The summed E-state index contributed by atoms with van der Waals surface area (Å²) in [5.74, 6) is 0.692. The lowest BCUT2D eigenvalue weighted by molar-refractivity contribution is 0.0999. The van der Waals surface area contributed by atoms with Gasteiger partial charge in [0, 0.05) is 18.7 Å². The molecule has 1 saturated heterocycles. The predicted octanol–water partition coefficient (Wildman–Crippen LogP) is 1.80. The molecule has 0 aliphatic carbocycles. The number of carbonyl (C=O) groups excluding carboxylic acids is 1. The molecule has 122 valence electrons. The summed E-state index contributed by atoms with van der Waals surface area (Å²) in [6.07, 6.45) is 2.06. The van der Waals surface area contributed by atoms with Crippen molar-refractivity contribution in [3.63, 3.8) is 0 Å². The minimum atomic E-state index is -0.248. The van der Waals surface area contributed by atoms with Crippen LogP contribution in [0.25, 0.3) is 0 Å². The van der Waals surface area contributed by atoms with E-state index >= 15 is 0 Å². The first-order valence-corrected chi connectivity index (χ1v) is 7.75. The van der Waals surface area contributed by atoms with E-state index in [-0.39, 0.29) is 18.2 Å². The summed E-state index contributed by atoms with van der Waals surface area (Å²) in [4.78, 5) is 16.1. The van der Waals surface area contributed by atoms with Gasteiger partial charge in [-0.05, 0) is 24.1 Å². The molecule has 2 N–H and O–H groups in total. The lowest BCUT2D eigenvalue weighted by atomic mass is 10.0. The maximum absolute atomic E-state index is 12.1. The number of nitrogens with zero attached hydrogens (tertiary/aromatic N) is 3. The largest absolute Gasteiger partial charge is 0.371 e. The van der Waals surface area contributed by atoms with Gasteiger partial charge in [-0.15, -0.1) is 0 Å². The molecule has 1 aromatic heterocycles. The highest BCUT2D eigenvalue weighted by molar-refractivity contribution is 6.30. The standard InChI is InChI=1S/C15H18ClN5O2/c1-21-13(18-9-19-21)8-17-15(22)20-12-6-7-23-14(12)10-2-4-11(16)5-3-10/h2-5,9,12,14H,6-8H2,1H3,(H2,17,20,22). The highest BCUT2D eigenvalue weighted by atomic mass is 35.5. The lowest BCUT2D eigenvalue weighted by Crippen LogP contribution is -2.43. The van der Waals surface area contributed by atoms with Crippen LogP contribution in [0.4, 0.5) is 4.79 Å². The first kappa shape index (κ1) is 15.8. The van der Waals surface area contributed by atoms with Crippen LogP contribution in [-0.4, -0.2) is 33.4 Å². The molecule has 1 aliphatic heterocycles. The maximum Gasteiger partial charge on any atom is 0.315 e. The van der Waals surface area contributed by atoms with Crippen molar-refractivity contribution < 1.29 is 9.53 Å². The Hall–Kier alpha value is -2.12. The Labute approximate surface area is 139 Å². The quantitative estimate of drug-likeness (QED) is 0.892. The number of carbonyl (C=O) groups is 1. The molecule has 2 unspecified atom stereocenters. The lowest BCUT2D eigenvalue weighted by Gasteiger charge is -2.20. The Bertz CT molecular complexity index is 673. The summed E-state index contributed by atoms with van der Waals surface area (Å²) < 4.78 is 7.37. The molecule has 23 heavy (non-hydrogen) atoms. The Morgan fingerprint density at radius 1 is 1.43 bits per heavy atom. The first-order chi connectivity index (χ1) is 11.1. The first-order valence-electron chi connectivity index (χ1n) is 7.38. The number of amides is 2.